The Kier molecular flexibility index (Phi) is 6.11. The lowest BCUT2D eigenvalue weighted by molar-refractivity contribution is 0.0742. The van der Waals surface area contributed by atoms with Crippen LogP contribution in [0.4, 0.5) is 0 Å². The second-order valence-electron chi connectivity index (χ2n) is 6.66. The van der Waals surface area contributed by atoms with Crippen LogP contribution < -0.4 is 4.74 Å². The first-order chi connectivity index (χ1) is 13.5. The molecule has 2 aromatic carbocycles. The number of rotatable bonds is 7. The molecule has 28 heavy (non-hydrogen) atoms. The van der Waals surface area contributed by atoms with E-state index < -0.39 is 0 Å². The third-order valence-corrected chi connectivity index (χ3v) is 4.93. The van der Waals surface area contributed by atoms with E-state index >= 15 is 0 Å². The summed E-state index contributed by atoms with van der Waals surface area (Å²) in [5.74, 6) is 0.758. The molecule has 0 spiro atoms. The predicted molar refractivity (Wildman–Crippen MR) is 108 cm³/mol. The highest BCUT2D eigenvalue weighted by atomic mass is 16.5. The Morgan fingerprint density at radius 3 is 2.43 bits per heavy atom. The number of hydrogen-bond donors (Lipinski definition) is 1. The van der Waals surface area contributed by atoms with Crippen molar-refractivity contribution in [3.63, 3.8) is 0 Å². The van der Waals surface area contributed by atoms with Gasteiger partial charge in [-0.2, -0.15) is 5.10 Å². The Labute approximate surface area is 165 Å². The van der Waals surface area contributed by atoms with E-state index in [9.17, 15) is 4.79 Å². The van der Waals surface area contributed by atoms with Crippen molar-refractivity contribution in [1.29, 1.82) is 0 Å². The summed E-state index contributed by atoms with van der Waals surface area (Å²) >= 11 is 0. The van der Waals surface area contributed by atoms with Gasteiger partial charge in [0, 0.05) is 24.4 Å². The van der Waals surface area contributed by atoms with Crippen molar-refractivity contribution in [2.24, 2.45) is 0 Å². The minimum Gasteiger partial charge on any atom is -0.497 e. The highest BCUT2D eigenvalue weighted by Gasteiger charge is 2.19. The molecule has 1 aromatic heterocycles. The summed E-state index contributed by atoms with van der Waals surface area (Å²) in [6, 6.07) is 15.2. The van der Waals surface area contributed by atoms with Gasteiger partial charge < -0.3 is 14.7 Å². The number of ether oxygens (including phenoxy) is 1. The molecule has 1 N–H and O–H groups in total. The third kappa shape index (κ3) is 4.23. The minimum atomic E-state index is -0.0604. The molecule has 146 valence electrons. The maximum atomic E-state index is 12.9. The van der Waals surface area contributed by atoms with Gasteiger partial charge in [-0.15, -0.1) is 0 Å². The summed E-state index contributed by atoms with van der Waals surface area (Å²) in [6.45, 7) is 2.52. The topological polar surface area (TPSA) is 67.6 Å². The first-order valence-corrected chi connectivity index (χ1v) is 9.18. The van der Waals surface area contributed by atoms with Crippen molar-refractivity contribution in [3.05, 3.63) is 72.1 Å². The molecule has 0 saturated heterocycles. The summed E-state index contributed by atoms with van der Waals surface area (Å²) in [5.41, 5.74) is 3.61. The Hall–Kier alpha value is -3.12. The van der Waals surface area contributed by atoms with Crippen LogP contribution in [0.5, 0.6) is 5.75 Å². The molecule has 1 atom stereocenters. The molecule has 1 unspecified atom stereocenters. The van der Waals surface area contributed by atoms with Crippen molar-refractivity contribution in [1.82, 2.24) is 14.7 Å². The van der Waals surface area contributed by atoms with Crippen LogP contribution >= 0.6 is 0 Å². The molecule has 0 bridgehead atoms. The van der Waals surface area contributed by atoms with Crippen LogP contribution in [0.3, 0.4) is 0 Å². The average Bonchev–Trinajstić information content (AvgIpc) is 3.21. The molecule has 1 heterocycles. The predicted octanol–water partition coefficient (Wildman–Crippen LogP) is 3.38. The Balaban J connectivity index is 1.72. The van der Waals surface area contributed by atoms with Crippen LogP contribution in [0.2, 0.25) is 0 Å². The first-order valence-electron chi connectivity index (χ1n) is 9.18. The third-order valence-electron chi connectivity index (χ3n) is 4.93. The van der Waals surface area contributed by atoms with E-state index in [-0.39, 0.29) is 18.6 Å². The highest BCUT2D eigenvalue weighted by molar-refractivity contribution is 5.94. The van der Waals surface area contributed by atoms with Crippen LogP contribution in [0, 0.1) is 0 Å². The van der Waals surface area contributed by atoms with Gasteiger partial charge in [0.1, 0.15) is 5.75 Å². The molecule has 0 fully saturated rings. The second-order valence-corrected chi connectivity index (χ2v) is 6.66. The van der Waals surface area contributed by atoms with Gasteiger partial charge in [-0.05, 0) is 42.3 Å². The molecule has 6 heteroatoms. The Bertz CT molecular complexity index is 917. The van der Waals surface area contributed by atoms with E-state index in [4.69, 9.17) is 9.84 Å². The van der Waals surface area contributed by atoms with E-state index in [0.717, 1.165) is 22.4 Å². The van der Waals surface area contributed by atoms with E-state index in [1.165, 1.54) is 0 Å². The fourth-order valence-electron chi connectivity index (χ4n) is 3.03. The van der Waals surface area contributed by atoms with Gasteiger partial charge in [0.15, 0.2) is 0 Å². The van der Waals surface area contributed by atoms with Gasteiger partial charge in [0.25, 0.3) is 5.91 Å². The van der Waals surface area contributed by atoms with Gasteiger partial charge in [-0.1, -0.05) is 24.3 Å². The zero-order valence-electron chi connectivity index (χ0n) is 16.4. The van der Waals surface area contributed by atoms with Gasteiger partial charge in [-0.25, -0.2) is 0 Å². The Morgan fingerprint density at radius 2 is 1.82 bits per heavy atom. The number of methoxy groups -OCH3 is 1. The molecule has 0 aliphatic rings. The fraction of sp³-hybridized carbons (Fsp3) is 0.273. The highest BCUT2D eigenvalue weighted by Crippen LogP contribution is 2.24. The molecular formula is C22H25N3O3. The summed E-state index contributed by atoms with van der Waals surface area (Å²) < 4.78 is 6.88. The van der Waals surface area contributed by atoms with Crippen LogP contribution in [0.1, 0.15) is 28.9 Å². The molecule has 1 amide bonds. The van der Waals surface area contributed by atoms with E-state index in [2.05, 4.69) is 5.10 Å². The molecule has 0 aliphatic carbocycles. The number of carbonyl (C=O) groups excluding carboxylic acids is 1. The molecule has 0 radical (unpaired) electrons. The van der Waals surface area contributed by atoms with Crippen molar-refractivity contribution in [2.75, 3.05) is 20.8 Å². The molecular weight excluding hydrogens is 354 g/mol. The van der Waals surface area contributed by atoms with Crippen molar-refractivity contribution in [2.45, 2.75) is 19.5 Å². The molecule has 3 aromatic rings. The van der Waals surface area contributed by atoms with Crippen molar-refractivity contribution >= 4 is 5.91 Å². The van der Waals surface area contributed by atoms with Crippen molar-refractivity contribution < 1.29 is 14.6 Å². The van der Waals surface area contributed by atoms with Gasteiger partial charge in [0.2, 0.25) is 0 Å². The van der Waals surface area contributed by atoms with E-state index in [1.807, 2.05) is 68.7 Å². The summed E-state index contributed by atoms with van der Waals surface area (Å²) in [7, 11) is 3.44. The zero-order chi connectivity index (χ0) is 20.1. The normalized spacial score (nSPS) is 11.9. The number of aliphatic hydroxyl groups is 1. The first kappa shape index (κ1) is 19.6. The lowest BCUT2D eigenvalue weighted by atomic mass is 10.0. The number of nitrogens with zero attached hydrogens (tertiary/aromatic N) is 3. The standard InChI is InChI=1S/C22H25N3O3/c1-16(17-8-10-21(28-3)11-9-17)24(2)22(27)19-6-4-18(5-7-19)20-14-23-25(15-20)12-13-26/h4-11,14-16,26H,12-13H2,1-3H3. The maximum Gasteiger partial charge on any atom is 0.254 e. The summed E-state index contributed by atoms with van der Waals surface area (Å²) in [6.07, 6.45) is 3.63. The molecule has 3 rings (SSSR count). The minimum absolute atomic E-state index is 0.0363. The van der Waals surface area contributed by atoms with Gasteiger partial charge in [-0.3, -0.25) is 9.48 Å². The Morgan fingerprint density at radius 1 is 1.14 bits per heavy atom. The fourth-order valence-corrected chi connectivity index (χ4v) is 3.03. The van der Waals surface area contributed by atoms with Crippen LogP contribution in [0.25, 0.3) is 11.1 Å². The van der Waals surface area contributed by atoms with Gasteiger partial charge >= 0.3 is 0 Å². The largest absolute Gasteiger partial charge is 0.497 e. The number of aliphatic hydroxyl groups excluding tert-OH is 1. The monoisotopic (exact) mass is 379 g/mol. The lowest BCUT2D eigenvalue weighted by Crippen LogP contribution is -2.29. The van der Waals surface area contributed by atoms with E-state index in [0.29, 0.717) is 12.1 Å². The van der Waals surface area contributed by atoms with Crippen LogP contribution in [-0.2, 0) is 6.54 Å². The number of hydrogen-bond acceptors (Lipinski definition) is 4. The second kappa shape index (κ2) is 8.71. The number of carbonyl (C=O) groups is 1. The van der Waals surface area contributed by atoms with Crippen LogP contribution in [0.15, 0.2) is 60.9 Å². The van der Waals surface area contributed by atoms with E-state index in [1.54, 1.807) is 22.9 Å². The molecule has 6 nitrogen and oxygen atoms in total. The number of aromatic nitrogens is 2. The van der Waals surface area contributed by atoms with Crippen molar-refractivity contribution in [3.8, 4) is 16.9 Å². The zero-order valence-corrected chi connectivity index (χ0v) is 16.4. The number of benzene rings is 2. The van der Waals surface area contributed by atoms with Gasteiger partial charge in [0.05, 0.1) is 32.5 Å². The molecule has 0 aliphatic heterocycles. The van der Waals surface area contributed by atoms with Crippen LogP contribution in [-0.4, -0.2) is 46.5 Å². The smallest absolute Gasteiger partial charge is 0.254 e. The summed E-state index contributed by atoms with van der Waals surface area (Å²) in [4.78, 5) is 14.6. The lowest BCUT2D eigenvalue weighted by Gasteiger charge is -2.25. The average molecular weight is 379 g/mol. The summed E-state index contributed by atoms with van der Waals surface area (Å²) in [5, 5.41) is 13.2. The molecule has 0 saturated carbocycles. The SMILES string of the molecule is COc1ccc(C(C)N(C)C(=O)c2ccc(-c3cnn(CCO)c3)cc2)cc1. The maximum absolute atomic E-state index is 12.9. The quantitative estimate of drug-likeness (QED) is 0.683. The number of amides is 1.